The lowest BCUT2D eigenvalue weighted by atomic mass is 10.1. The van der Waals surface area contributed by atoms with Gasteiger partial charge in [0.1, 0.15) is 11.9 Å². The Balaban J connectivity index is 2.12. The molecule has 0 unspecified atom stereocenters. The highest BCUT2D eigenvalue weighted by molar-refractivity contribution is 7.13. The quantitative estimate of drug-likeness (QED) is 0.503. The number of halogens is 2. The van der Waals surface area contributed by atoms with Crippen molar-refractivity contribution in [3.8, 4) is 11.8 Å². The van der Waals surface area contributed by atoms with Gasteiger partial charge < -0.3 is 5.73 Å². The zero-order valence-corrected chi connectivity index (χ0v) is 13.8. The van der Waals surface area contributed by atoms with E-state index in [0.717, 1.165) is 10.4 Å². The fourth-order valence-corrected chi connectivity index (χ4v) is 3.12. The highest BCUT2D eigenvalue weighted by Gasteiger charge is 2.12. The van der Waals surface area contributed by atoms with Gasteiger partial charge in [-0.25, -0.2) is 9.18 Å². The molecule has 2 amide bonds. The van der Waals surface area contributed by atoms with Crippen molar-refractivity contribution in [3.63, 3.8) is 0 Å². The van der Waals surface area contributed by atoms with Gasteiger partial charge in [-0.15, -0.1) is 11.3 Å². The van der Waals surface area contributed by atoms with Gasteiger partial charge in [-0.1, -0.05) is 35.6 Å². The number of hydrogen-bond acceptors (Lipinski definition) is 3. The Kier molecular flexibility index (Phi) is 5.61. The van der Waals surface area contributed by atoms with Crippen molar-refractivity contribution in [2.24, 2.45) is 5.73 Å². The van der Waals surface area contributed by atoms with E-state index in [1.54, 1.807) is 25.1 Å². The van der Waals surface area contributed by atoms with Gasteiger partial charge in [0.15, 0.2) is 0 Å². The SMILES string of the molecule is C[C@H](C#Cc1sc(Cc2ccc(F)cc2)cc1Cl)N(O)C(N)=O. The lowest BCUT2D eigenvalue weighted by Gasteiger charge is -2.14. The highest BCUT2D eigenvalue weighted by Crippen LogP contribution is 2.28. The smallest absolute Gasteiger partial charge is 0.339 e. The third kappa shape index (κ3) is 4.70. The summed E-state index contributed by atoms with van der Waals surface area (Å²) in [5.74, 6) is 5.26. The molecule has 0 bridgehead atoms. The summed E-state index contributed by atoms with van der Waals surface area (Å²) < 4.78 is 12.9. The molecule has 2 rings (SSSR count). The maximum Gasteiger partial charge on any atom is 0.339 e. The maximum absolute atomic E-state index is 12.9. The second-order valence-electron chi connectivity index (χ2n) is 4.82. The topological polar surface area (TPSA) is 66.6 Å². The number of nitrogens with two attached hydrogens (primary N) is 1. The Morgan fingerprint density at radius 3 is 2.74 bits per heavy atom. The molecule has 120 valence electrons. The van der Waals surface area contributed by atoms with Gasteiger partial charge in [0, 0.05) is 11.3 Å². The summed E-state index contributed by atoms with van der Waals surface area (Å²) in [4.78, 5) is 12.4. The van der Waals surface area contributed by atoms with Crippen molar-refractivity contribution in [1.82, 2.24) is 5.06 Å². The van der Waals surface area contributed by atoms with E-state index in [0.29, 0.717) is 21.4 Å². The first-order valence-corrected chi connectivity index (χ1v) is 7.88. The van der Waals surface area contributed by atoms with E-state index in [1.807, 2.05) is 0 Å². The summed E-state index contributed by atoms with van der Waals surface area (Å²) >= 11 is 7.55. The first-order chi connectivity index (χ1) is 10.9. The summed E-state index contributed by atoms with van der Waals surface area (Å²) in [7, 11) is 0. The normalized spacial score (nSPS) is 11.5. The van der Waals surface area contributed by atoms with E-state index in [9.17, 15) is 14.4 Å². The monoisotopic (exact) mass is 352 g/mol. The van der Waals surface area contributed by atoms with Gasteiger partial charge in [0.25, 0.3) is 0 Å². The van der Waals surface area contributed by atoms with Crippen molar-refractivity contribution in [3.05, 3.63) is 56.5 Å². The van der Waals surface area contributed by atoms with Gasteiger partial charge >= 0.3 is 6.03 Å². The van der Waals surface area contributed by atoms with Crippen LogP contribution in [0, 0.1) is 17.7 Å². The van der Waals surface area contributed by atoms with Crippen LogP contribution in [-0.2, 0) is 6.42 Å². The van der Waals surface area contributed by atoms with Gasteiger partial charge in [-0.05, 0) is 30.7 Å². The van der Waals surface area contributed by atoms with Crippen LogP contribution in [0.15, 0.2) is 30.3 Å². The third-order valence-electron chi connectivity index (χ3n) is 3.02. The van der Waals surface area contributed by atoms with Crippen LogP contribution < -0.4 is 5.73 Å². The first kappa shape index (κ1) is 17.3. The Labute approximate surface area is 142 Å². The number of thiophene rings is 1. The number of carbonyl (C=O) groups is 1. The molecule has 0 saturated heterocycles. The minimum Gasteiger partial charge on any atom is -0.350 e. The number of benzene rings is 1. The zero-order chi connectivity index (χ0) is 17.0. The lowest BCUT2D eigenvalue weighted by molar-refractivity contribution is -0.0536. The minimum atomic E-state index is -0.971. The second-order valence-corrected chi connectivity index (χ2v) is 6.37. The lowest BCUT2D eigenvalue weighted by Crippen LogP contribution is -2.38. The molecule has 7 heteroatoms. The van der Waals surface area contributed by atoms with Crippen molar-refractivity contribution in [2.75, 3.05) is 0 Å². The van der Waals surface area contributed by atoms with Gasteiger partial charge in [-0.3, -0.25) is 5.21 Å². The molecule has 0 fully saturated rings. The van der Waals surface area contributed by atoms with E-state index >= 15 is 0 Å². The summed E-state index contributed by atoms with van der Waals surface area (Å²) in [6.45, 7) is 1.54. The Bertz CT molecular complexity index is 765. The molecular formula is C16H14ClFN2O2S. The highest BCUT2D eigenvalue weighted by atomic mass is 35.5. The standard InChI is InChI=1S/C16H14ClFN2O2S/c1-10(20(22)16(19)21)2-7-15-14(17)9-13(23-15)8-11-3-5-12(18)6-4-11/h3-6,9-10,22H,8H2,1H3,(H2,19,21)/t10-/m1/s1. The van der Waals surface area contributed by atoms with Crippen LogP contribution in [0.25, 0.3) is 0 Å². The predicted molar refractivity (Wildman–Crippen MR) is 88.1 cm³/mol. The second kappa shape index (κ2) is 7.47. The number of amides is 2. The molecule has 0 aliphatic rings. The predicted octanol–water partition coefficient (Wildman–Crippen LogP) is 3.64. The molecule has 3 N–H and O–H groups in total. The van der Waals surface area contributed by atoms with Gasteiger partial charge in [0.2, 0.25) is 0 Å². The van der Waals surface area contributed by atoms with Crippen LogP contribution in [-0.4, -0.2) is 22.3 Å². The van der Waals surface area contributed by atoms with Crippen molar-refractivity contribution in [1.29, 1.82) is 0 Å². The van der Waals surface area contributed by atoms with Crippen molar-refractivity contribution < 1.29 is 14.4 Å². The summed E-state index contributed by atoms with van der Waals surface area (Å²) in [5, 5.41) is 10.2. The van der Waals surface area contributed by atoms with Crippen LogP contribution in [0.5, 0.6) is 0 Å². The maximum atomic E-state index is 12.9. The number of hydrogen-bond donors (Lipinski definition) is 2. The summed E-state index contributed by atoms with van der Waals surface area (Å²) in [6, 6.07) is 6.33. The molecule has 4 nitrogen and oxygen atoms in total. The molecule has 1 aromatic heterocycles. The van der Waals surface area contributed by atoms with E-state index < -0.39 is 12.1 Å². The molecule has 0 radical (unpaired) electrons. The third-order valence-corrected chi connectivity index (χ3v) is 4.48. The summed E-state index contributed by atoms with van der Waals surface area (Å²) in [5.41, 5.74) is 5.92. The molecule has 1 aromatic carbocycles. The minimum absolute atomic E-state index is 0.276. The number of nitrogens with zero attached hydrogens (tertiary/aromatic N) is 1. The molecular weight excluding hydrogens is 339 g/mol. The van der Waals surface area contributed by atoms with Gasteiger partial charge in [0.05, 0.1) is 9.90 Å². The van der Waals surface area contributed by atoms with Crippen LogP contribution in [0.4, 0.5) is 9.18 Å². The largest absolute Gasteiger partial charge is 0.350 e. The summed E-state index contributed by atoms with van der Waals surface area (Å²) in [6.07, 6.45) is 0.620. The molecule has 1 atom stereocenters. The van der Waals surface area contributed by atoms with Crippen LogP contribution >= 0.6 is 22.9 Å². The molecule has 0 saturated carbocycles. The first-order valence-electron chi connectivity index (χ1n) is 6.68. The molecule has 23 heavy (non-hydrogen) atoms. The number of rotatable bonds is 3. The van der Waals surface area contributed by atoms with Gasteiger partial charge in [-0.2, -0.15) is 5.06 Å². The average molecular weight is 353 g/mol. The molecule has 0 aliphatic carbocycles. The number of carbonyl (C=O) groups excluding carboxylic acids is 1. The zero-order valence-electron chi connectivity index (χ0n) is 12.2. The number of urea groups is 1. The van der Waals surface area contributed by atoms with E-state index in [-0.39, 0.29) is 5.82 Å². The fraction of sp³-hybridized carbons (Fsp3) is 0.188. The van der Waals surface area contributed by atoms with Crippen LogP contribution in [0.3, 0.4) is 0 Å². The van der Waals surface area contributed by atoms with Crippen LogP contribution in [0.2, 0.25) is 5.02 Å². The average Bonchev–Trinajstić information content (AvgIpc) is 2.86. The van der Waals surface area contributed by atoms with Crippen LogP contribution in [0.1, 0.15) is 22.2 Å². The van der Waals surface area contributed by atoms with E-state index in [2.05, 4.69) is 11.8 Å². The Morgan fingerprint density at radius 1 is 1.48 bits per heavy atom. The molecule has 2 aromatic rings. The molecule has 0 aliphatic heterocycles. The Morgan fingerprint density at radius 2 is 2.13 bits per heavy atom. The number of primary amides is 1. The van der Waals surface area contributed by atoms with Crippen molar-refractivity contribution in [2.45, 2.75) is 19.4 Å². The van der Waals surface area contributed by atoms with E-state index in [1.165, 1.54) is 23.5 Å². The molecule has 0 spiro atoms. The molecule has 1 heterocycles. The fourth-order valence-electron chi connectivity index (χ4n) is 1.81. The van der Waals surface area contributed by atoms with E-state index in [4.69, 9.17) is 17.3 Å². The number of hydroxylamine groups is 2. The Hall–Kier alpha value is -2.07. The van der Waals surface area contributed by atoms with Crippen molar-refractivity contribution >= 4 is 29.0 Å².